The first-order chi connectivity index (χ1) is 11.7. The molecule has 0 unspecified atom stereocenters. The minimum atomic E-state index is 0.623. The minimum absolute atomic E-state index is 0.623. The van der Waals surface area contributed by atoms with Crippen LogP contribution >= 0.6 is 0 Å². The maximum atomic E-state index is 6.08. The number of para-hydroxylation sites is 1. The molecule has 5 nitrogen and oxygen atoms in total. The van der Waals surface area contributed by atoms with Crippen LogP contribution in [0.4, 0.5) is 0 Å². The van der Waals surface area contributed by atoms with E-state index >= 15 is 0 Å². The molecule has 0 aliphatic rings. The van der Waals surface area contributed by atoms with Crippen molar-refractivity contribution in [1.82, 2.24) is 0 Å². The summed E-state index contributed by atoms with van der Waals surface area (Å²) >= 11 is 0. The lowest BCUT2D eigenvalue weighted by molar-refractivity contribution is 0.355. The Morgan fingerprint density at radius 3 is 2.21 bits per heavy atom. The van der Waals surface area contributed by atoms with Crippen molar-refractivity contribution in [3.05, 3.63) is 42.5 Å². The standard InChI is InChI=1S/C19H19O5/c1-20-12-10-17(22-3)13-8-9-15(24-18(13)11-12)14-6-5-7-16(21-2)19(14)23-4/h5-11H,1-4H3/q+1. The zero-order chi connectivity index (χ0) is 17.1. The molecular formula is C19H19O5+. The second kappa shape index (κ2) is 6.66. The molecule has 0 bridgehead atoms. The molecule has 0 spiro atoms. The van der Waals surface area contributed by atoms with E-state index in [1.165, 1.54) is 0 Å². The zero-order valence-corrected chi connectivity index (χ0v) is 14.1. The molecular weight excluding hydrogens is 308 g/mol. The Morgan fingerprint density at radius 1 is 0.750 bits per heavy atom. The lowest BCUT2D eigenvalue weighted by Crippen LogP contribution is -1.93. The van der Waals surface area contributed by atoms with Crippen molar-refractivity contribution in [2.45, 2.75) is 0 Å². The van der Waals surface area contributed by atoms with Gasteiger partial charge in [0.05, 0.1) is 34.5 Å². The lowest BCUT2D eigenvalue weighted by Gasteiger charge is -2.09. The number of ether oxygens (including phenoxy) is 4. The summed E-state index contributed by atoms with van der Waals surface area (Å²) in [6.07, 6.45) is 0. The fraction of sp³-hybridized carbons (Fsp3) is 0.211. The van der Waals surface area contributed by atoms with Gasteiger partial charge in [-0.2, -0.15) is 0 Å². The molecule has 24 heavy (non-hydrogen) atoms. The number of benzene rings is 2. The van der Waals surface area contributed by atoms with Crippen molar-refractivity contribution < 1.29 is 23.4 Å². The number of hydrogen-bond donors (Lipinski definition) is 0. The van der Waals surface area contributed by atoms with Gasteiger partial charge in [0.25, 0.3) is 0 Å². The van der Waals surface area contributed by atoms with E-state index in [4.69, 9.17) is 23.4 Å². The van der Waals surface area contributed by atoms with Gasteiger partial charge in [-0.05, 0) is 18.2 Å². The normalized spacial score (nSPS) is 10.5. The van der Waals surface area contributed by atoms with E-state index in [2.05, 4.69) is 0 Å². The number of hydrogen-bond acceptors (Lipinski definition) is 4. The molecule has 1 heterocycles. The summed E-state index contributed by atoms with van der Waals surface area (Å²) in [5.74, 6) is 3.29. The van der Waals surface area contributed by atoms with Crippen LogP contribution in [0.15, 0.2) is 46.9 Å². The van der Waals surface area contributed by atoms with E-state index in [9.17, 15) is 0 Å². The molecule has 0 saturated heterocycles. The van der Waals surface area contributed by atoms with Gasteiger partial charge in [0.1, 0.15) is 22.4 Å². The van der Waals surface area contributed by atoms with Crippen LogP contribution < -0.4 is 18.9 Å². The average Bonchev–Trinajstić information content (AvgIpc) is 2.65. The first-order valence-electron chi connectivity index (χ1n) is 7.42. The Labute approximate surface area is 140 Å². The maximum absolute atomic E-state index is 6.08. The fourth-order valence-electron chi connectivity index (χ4n) is 2.65. The largest absolute Gasteiger partial charge is 0.496 e. The van der Waals surface area contributed by atoms with Gasteiger partial charge in [0, 0.05) is 12.1 Å². The van der Waals surface area contributed by atoms with Crippen molar-refractivity contribution in [3.63, 3.8) is 0 Å². The monoisotopic (exact) mass is 327 g/mol. The van der Waals surface area contributed by atoms with Crippen molar-refractivity contribution >= 4 is 11.0 Å². The van der Waals surface area contributed by atoms with Crippen LogP contribution in [0, 0.1) is 0 Å². The van der Waals surface area contributed by atoms with Gasteiger partial charge in [0.15, 0.2) is 11.5 Å². The Morgan fingerprint density at radius 2 is 1.54 bits per heavy atom. The topological polar surface area (TPSA) is 48.2 Å². The maximum Gasteiger partial charge on any atom is 0.368 e. The van der Waals surface area contributed by atoms with Crippen LogP contribution in [0.3, 0.4) is 0 Å². The summed E-state index contributed by atoms with van der Waals surface area (Å²) in [5.41, 5.74) is 1.47. The van der Waals surface area contributed by atoms with E-state index < -0.39 is 0 Å². The Balaban J connectivity index is 2.22. The van der Waals surface area contributed by atoms with Crippen molar-refractivity contribution in [1.29, 1.82) is 0 Å². The minimum Gasteiger partial charge on any atom is -0.496 e. The summed E-state index contributed by atoms with van der Waals surface area (Å²) < 4.78 is 27.6. The average molecular weight is 327 g/mol. The van der Waals surface area contributed by atoms with Crippen LogP contribution in [0.1, 0.15) is 0 Å². The van der Waals surface area contributed by atoms with Crippen LogP contribution in [-0.2, 0) is 0 Å². The Kier molecular flexibility index (Phi) is 4.42. The highest BCUT2D eigenvalue weighted by Crippen LogP contribution is 2.40. The molecule has 0 radical (unpaired) electrons. The summed E-state index contributed by atoms with van der Waals surface area (Å²) in [6.45, 7) is 0. The highest BCUT2D eigenvalue weighted by molar-refractivity contribution is 5.87. The van der Waals surface area contributed by atoms with Crippen LogP contribution in [0.5, 0.6) is 23.0 Å². The Hall–Kier alpha value is -2.95. The van der Waals surface area contributed by atoms with Crippen molar-refractivity contribution in [2.75, 3.05) is 28.4 Å². The predicted molar refractivity (Wildman–Crippen MR) is 92.3 cm³/mol. The summed E-state index contributed by atoms with van der Waals surface area (Å²) in [6, 6.07) is 13.1. The molecule has 3 aromatic rings. The SMILES string of the molecule is COc1cc(OC)c2ccc(-c3cccc(OC)c3OC)[o+]c2c1. The Bertz CT molecular complexity index is 873. The third-order valence-electron chi connectivity index (χ3n) is 3.82. The van der Waals surface area contributed by atoms with Gasteiger partial charge >= 0.3 is 11.3 Å². The van der Waals surface area contributed by atoms with Crippen molar-refractivity contribution in [2.24, 2.45) is 0 Å². The second-order valence-electron chi connectivity index (χ2n) is 5.08. The molecule has 0 aliphatic carbocycles. The van der Waals surface area contributed by atoms with Crippen LogP contribution in [-0.4, -0.2) is 28.4 Å². The fourth-order valence-corrected chi connectivity index (χ4v) is 2.65. The van der Waals surface area contributed by atoms with E-state index in [0.29, 0.717) is 34.3 Å². The number of rotatable bonds is 5. The molecule has 3 rings (SSSR count). The zero-order valence-electron chi connectivity index (χ0n) is 14.1. The molecule has 124 valence electrons. The van der Waals surface area contributed by atoms with E-state index in [0.717, 1.165) is 10.9 Å². The molecule has 5 heteroatoms. The first-order valence-corrected chi connectivity index (χ1v) is 7.42. The van der Waals surface area contributed by atoms with Gasteiger partial charge < -0.3 is 18.9 Å². The smallest absolute Gasteiger partial charge is 0.368 e. The number of methoxy groups -OCH3 is 4. The lowest BCUT2D eigenvalue weighted by atomic mass is 10.1. The van der Waals surface area contributed by atoms with Gasteiger partial charge in [0.2, 0.25) is 0 Å². The molecule has 0 fully saturated rings. The first kappa shape index (κ1) is 15.9. The van der Waals surface area contributed by atoms with E-state index in [-0.39, 0.29) is 0 Å². The molecule has 0 atom stereocenters. The van der Waals surface area contributed by atoms with Gasteiger partial charge in [-0.15, -0.1) is 0 Å². The molecule has 0 amide bonds. The molecule has 0 N–H and O–H groups in total. The van der Waals surface area contributed by atoms with Crippen molar-refractivity contribution in [3.8, 4) is 34.3 Å². The molecule has 2 aromatic carbocycles. The quantitative estimate of drug-likeness (QED) is 0.649. The molecule has 1 aromatic heterocycles. The summed E-state index contributed by atoms with van der Waals surface area (Å²) in [5, 5.41) is 0.865. The highest BCUT2D eigenvalue weighted by atomic mass is 16.5. The van der Waals surface area contributed by atoms with Gasteiger partial charge in [-0.1, -0.05) is 6.07 Å². The van der Waals surface area contributed by atoms with Gasteiger partial charge in [-0.25, -0.2) is 4.42 Å². The number of fused-ring (bicyclic) bond motifs is 1. The summed E-state index contributed by atoms with van der Waals surface area (Å²) in [7, 11) is 6.44. The van der Waals surface area contributed by atoms with Crippen LogP contribution in [0.2, 0.25) is 0 Å². The second-order valence-corrected chi connectivity index (χ2v) is 5.08. The third-order valence-corrected chi connectivity index (χ3v) is 3.82. The highest BCUT2D eigenvalue weighted by Gasteiger charge is 2.23. The molecule has 0 aliphatic heterocycles. The predicted octanol–water partition coefficient (Wildman–Crippen LogP) is 4.42. The third kappa shape index (κ3) is 2.69. The molecule has 0 saturated carbocycles. The van der Waals surface area contributed by atoms with E-state index in [1.54, 1.807) is 28.4 Å². The van der Waals surface area contributed by atoms with E-state index in [1.807, 2.05) is 42.5 Å². The van der Waals surface area contributed by atoms with Gasteiger partial charge in [-0.3, -0.25) is 0 Å². The summed E-state index contributed by atoms with van der Waals surface area (Å²) in [4.78, 5) is 0. The van der Waals surface area contributed by atoms with Crippen LogP contribution in [0.25, 0.3) is 22.3 Å².